The van der Waals surface area contributed by atoms with Crippen LogP contribution in [0.5, 0.6) is 0 Å². The van der Waals surface area contributed by atoms with Crippen molar-refractivity contribution in [3.8, 4) is 6.07 Å². The van der Waals surface area contributed by atoms with Crippen LogP contribution >= 0.6 is 11.8 Å². The first kappa shape index (κ1) is 18.5. The van der Waals surface area contributed by atoms with Crippen molar-refractivity contribution >= 4 is 17.4 Å². The molecule has 0 amide bonds. The van der Waals surface area contributed by atoms with Gasteiger partial charge in [-0.05, 0) is 48.4 Å². The van der Waals surface area contributed by atoms with Gasteiger partial charge in [0.25, 0.3) is 0 Å². The Bertz CT molecular complexity index is 950. The second-order valence-corrected chi connectivity index (χ2v) is 8.02. The van der Waals surface area contributed by atoms with Crippen LogP contribution in [0.3, 0.4) is 0 Å². The summed E-state index contributed by atoms with van der Waals surface area (Å²) in [6.07, 6.45) is 2.78. The lowest BCUT2D eigenvalue weighted by Gasteiger charge is -2.32. The van der Waals surface area contributed by atoms with Gasteiger partial charge in [-0.2, -0.15) is 5.26 Å². The quantitative estimate of drug-likeness (QED) is 0.657. The second kappa shape index (κ2) is 8.92. The lowest BCUT2D eigenvalue weighted by atomic mass is 10.0. The maximum Gasteiger partial charge on any atom is 0.120 e. The number of benzene rings is 2. The molecule has 2 N–H and O–H groups in total. The van der Waals surface area contributed by atoms with Gasteiger partial charge >= 0.3 is 0 Å². The smallest absolute Gasteiger partial charge is 0.120 e. The molecule has 1 aromatic heterocycles. The normalized spacial score (nSPS) is 16.5. The maximum atomic E-state index is 8.94. The van der Waals surface area contributed by atoms with Gasteiger partial charge in [0.2, 0.25) is 0 Å². The standard InChI is InChI=1S/C23H22N4S/c24-15-18-10-8-17(9-11-18)12-14-25-22(19-5-2-1-3-6-19)21-16-27-20-7-4-13-26-23(20)28-21/h1-11,13,21-22,25,27H,12,14,16H2/t21-,22+/m0/s1. The largest absolute Gasteiger partial charge is 0.382 e. The predicted molar refractivity (Wildman–Crippen MR) is 114 cm³/mol. The molecule has 0 radical (unpaired) electrons. The molecule has 1 aliphatic heterocycles. The van der Waals surface area contributed by atoms with Gasteiger partial charge in [0.05, 0.1) is 17.3 Å². The minimum atomic E-state index is 0.229. The number of pyridine rings is 1. The van der Waals surface area contributed by atoms with E-state index in [-0.39, 0.29) is 6.04 Å². The van der Waals surface area contributed by atoms with E-state index in [2.05, 4.69) is 58.1 Å². The highest BCUT2D eigenvalue weighted by Crippen LogP contribution is 2.38. The summed E-state index contributed by atoms with van der Waals surface area (Å²) in [6, 6.07) is 24.9. The van der Waals surface area contributed by atoms with E-state index in [0.29, 0.717) is 10.8 Å². The summed E-state index contributed by atoms with van der Waals surface area (Å²) in [7, 11) is 0. The van der Waals surface area contributed by atoms with E-state index in [1.165, 1.54) is 11.1 Å². The zero-order chi connectivity index (χ0) is 19.2. The minimum Gasteiger partial charge on any atom is -0.382 e. The Kier molecular flexibility index (Phi) is 5.91. The Morgan fingerprint density at radius 3 is 2.71 bits per heavy atom. The van der Waals surface area contributed by atoms with Crippen molar-refractivity contribution in [1.29, 1.82) is 5.26 Å². The molecule has 4 rings (SSSR count). The van der Waals surface area contributed by atoms with Crippen LogP contribution in [-0.4, -0.2) is 23.3 Å². The molecule has 0 spiro atoms. The van der Waals surface area contributed by atoms with Gasteiger partial charge in [0.15, 0.2) is 0 Å². The minimum absolute atomic E-state index is 0.229. The van der Waals surface area contributed by atoms with Gasteiger partial charge in [-0.3, -0.25) is 0 Å². The second-order valence-electron chi connectivity index (χ2n) is 6.79. The summed E-state index contributed by atoms with van der Waals surface area (Å²) in [5.74, 6) is 0. The first-order chi connectivity index (χ1) is 13.8. The number of thioether (sulfide) groups is 1. The van der Waals surface area contributed by atoms with Crippen LogP contribution in [0.15, 0.2) is 78.0 Å². The van der Waals surface area contributed by atoms with E-state index in [0.717, 1.165) is 30.2 Å². The van der Waals surface area contributed by atoms with Crippen LogP contribution in [0.4, 0.5) is 5.69 Å². The van der Waals surface area contributed by atoms with E-state index >= 15 is 0 Å². The molecule has 3 aromatic rings. The Morgan fingerprint density at radius 2 is 1.93 bits per heavy atom. The van der Waals surface area contributed by atoms with Gasteiger partial charge < -0.3 is 10.6 Å². The highest BCUT2D eigenvalue weighted by molar-refractivity contribution is 8.00. The fraction of sp³-hybridized carbons (Fsp3) is 0.217. The summed E-state index contributed by atoms with van der Waals surface area (Å²) in [4.78, 5) is 4.54. The van der Waals surface area contributed by atoms with Crippen molar-refractivity contribution in [1.82, 2.24) is 10.3 Å². The lowest BCUT2D eigenvalue weighted by molar-refractivity contribution is 0.522. The van der Waals surface area contributed by atoms with E-state index in [9.17, 15) is 0 Å². The maximum absolute atomic E-state index is 8.94. The molecule has 2 heterocycles. The number of nitrogens with zero attached hydrogens (tertiary/aromatic N) is 2. The molecule has 4 nitrogen and oxygen atoms in total. The van der Waals surface area contributed by atoms with Crippen molar-refractivity contribution in [2.75, 3.05) is 18.4 Å². The average molecular weight is 387 g/mol. The third kappa shape index (κ3) is 4.36. The molecule has 0 saturated carbocycles. The molecular formula is C23H22N4S. The number of nitriles is 1. The predicted octanol–water partition coefficient (Wildman–Crippen LogP) is 4.41. The summed E-state index contributed by atoms with van der Waals surface area (Å²) in [5, 5.41) is 17.6. The van der Waals surface area contributed by atoms with Gasteiger partial charge in [0, 0.05) is 24.0 Å². The zero-order valence-electron chi connectivity index (χ0n) is 15.5. The summed E-state index contributed by atoms with van der Waals surface area (Å²) < 4.78 is 0. The first-order valence-corrected chi connectivity index (χ1v) is 10.3. The third-order valence-electron chi connectivity index (χ3n) is 4.92. The van der Waals surface area contributed by atoms with Gasteiger partial charge in [-0.25, -0.2) is 4.98 Å². The molecule has 0 bridgehead atoms. The Labute approximate surface area is 170 Å². The van der Waals surface area contributed by atoms with E-state index in [4.69, 9.17) is 5.26 Å². The summed E-state index contributed by atoms with van der Waals surface area (Å²) >= 11 is 1.84. The first-order valence-electron chi connectivity index (χ1n) is 9.46. The van der Waals surface area contributed by atoms with E-state index < -0.39 is 0 Å². The number of nitrogens with one attached hydrogen (secondary N) is 2. The summed E-state index contributed by atoms with van der Waals surface area (Å²) in [6.45, 7) is 1.77. The molecule has 2 atom stereocenters. The SMILES string of the molecule is N#Cc1ccc(CCN[C@H](c2ccccc2)[C@@H]2CNc3cccnc3S2)cc1. The molecule has 140 valence electrons. The molecule has 1 aliphatic rings. The van der Waals surface area contributed by atoms with Crippen molar-refractivity contribution < 1.29 is 0 Å². The monoisotopic (exact) mass is 386 g/mol. The van der Waals surface area contributed by atoms with Crippen LogP contribution in [0.25, 0.3) is 0 Å². The fourth-order valence-electron chi connectivity index (χ4n) is 3.44. The Hall–Kier alpha value is -2.81. The highest BCUT2D eigenvalue weighted by Gasteiger charge is 2.28. The number of aromatic nitrogens is 1. The van der Waals surface area contributed by atoms with Crippen LogP contribution < -0.4 is 10.6 Å². The molecule has 0 aliphatic carbocycles. The van der Waals surface area contributed by atoms with Crippen molar-refractivity contribution in [3.05, 3.63) is 89.6 Å². The number of fused-ring (bicyclic) bond motifs is 1. The Balaban J connectivity index is 1.46. The average Bonchev–Trinajstić information content (AvgIpc) is 2.77. The molecule has 2 aromatic carbocycles. The lowest BCUT2D eigenvalue weighted by Crippen LogP contribution is -2.37. The molecule has 28 heavy (non-hydrogen) atoms. The molecule has 0 saturated heterocycles. The van der Waals surface area contributed by atoms with E-state index in [1.807, 2.05) is 48.3 Å². The van der Waals surface area contributed by atoms with Crippen LogP contribution in [0, 0.1) is 11.3 Å². The van der Waals surface area contributed by atoms with Gasteiger partial charge in [0.1, 0.15) is 5.03 Å². The number of anilines is 1. The van der Waals surface area contributed by atoms with Crippen molar-refractivity contribution in [3.63, 3.8) is 0 Å². The molecule has 0 unspecified atom stereocenters. The molecule has 0 fully saturated rings. The van der Waals surface area contributed by atoms with Gasteiger partial charge in [-0.15, -0.1) is 0 Å². The van der Waals surface area contributed by atoms with Crippen LogP contribution in [0.1, 0.15) is 22.7 Å². The highest BCUT2D eigenvalue weighted by atomic mass is 32.2. The van der Waals surface area contributed by atoms with E-state index in [1.54, 1.807) is 0 Å². The van der Waals surface area contributed by atoms with Crippen LogP contribution in [-0.2, 0) is 6.42 Å². The van der Waals surface area contributed by atoms with Gasteiger partial charge in [-0.1, -0.05) is 54.2 Å². The zero-order valence-corrected chi connectivity index (χ0v) is 16.3. The molecule has 5 heteroatoms. The van der Waals surface area contributed by atoms with Crippen molar-refractivity contribution in [2.24, 2.45) is 0 Å². The summed E-state index contributed by atoms with van der Waals surface area (Å²) in [5.41, 5.74) is 4.35. The van der Waals surface area contributed by atoms with Crippen LogP contribution in [0.2, 0.25) is 0 Å². The fourth-order valence-corrected chi connectivity index (χ4v) is 4.67. The third-order valence-corrected chi connectivity index (χ3v) is 6.21. The number of hydrogen-bond acceptors (Lipinski definition) is 5. The number of rotatable bonds is 6. The number of hydrogen-bond donors (Lipinski definition) is 2. The Morgan fingerprint density at radius 1 is 1.11 bits per heavy atom. The van der Waals surface area contributed by atoms with Crippen molar-refractivity contribution in [2.45, 2.75) is 22.7 Å². The topological polar surface area (TPSA) is 60.7 Å². The molecular weight excluding hydrogens is 364 g/mol.